The first-order chi connectivity index (χ1) is 8.69. The summed E-state index contributed by atoms with van der Waals surface area (Å²) in [6.45, 7) is 0.630. The van der Waals surface area contributed by atoms with Gasteiger partial charge in [0.25, 0.3) is 0 Å². The summed E-state index contributed by atoms with van der Waals surface area (Å²) in [4.78, 5) is 12.1. The summed E-state index contributed by atoms with van der Waals surface area (Å²) in [5.74, 6) is 1.06. The number of hydrogen-bond acceptors (Lipinski definition) is 3. The maximum absolute atomic E-state index is 12.1. The van der Waals surface area contributed by atoms with Crippen LogP contribution in [-0.4, -0.2) is 19.4 Å². The Labute approximate surface area is 108 Å². The average molecular weight is 247 g/mol. The van der Waals surface area contributed by atoms with Gasteiger partial charge in [-0.2, -0.15) is 0 Å². The summed E-state index contributed by atoms with van der Waals surface area (Å²) in [7, 11) is 1.64. The van der Waals surface area contributed by atoms with Crippen molar-refractivity contribution >= 4 is 5.78 Å². The second-order valence-corrected chi connectivity index (χ2v) is 5.26. The number of nitrogens with two attached hydrogens (primary N) is 1. The van der Waals surface area contributed by atoms with Crippen LogP contribution in [0.4, 0.5) is 0 Å². The van der Waals surface area contributed by atoms with Gasteiger partial charge < -0.3 is 10.5 Å². The lowest BCUT2D eigenvalue weighted by atomic mass is 9.65. The molecular weight excluding hydrogens is 226 g/mol. The molecule has 0 heterocycles. The maximum Gasteiger partial charge on any atom is 0.138 e. The minimum Gasteiger partial charge on any atom is -0.496 e. The van der Waals surface area contributed by atoms with E-state index < -0.39 is 0 Å². The molecule has 0 atom stereocenters. The fraction of sp³-hybridized carbons (Fsp3) is 0.533. The number of Topliss-reactive ketones (excluding diaryl/α,β-unsaturated/α-hetero) is 1. The normalized spacial score (nSPS) is 17.0. The van der Waals surface area contributed by atoms with Crippen LogP contribution in [0.25, 0.3) is 0 Å². The second-order valence-electron chi connectivity index (χ2n) is 5.26. The van der Waals surface area contributed by atoms with Gasteiger partial charge in [-0.05, 0) is 30.9 Å². The quantitative estimate of drug-likeness (QED) is 0.839. The molecular formula is C15H21NO2. The van der Waals surface area contributed by atoms with Gasteiger partial charge in [0.1, 0.15) is 11.5 Å². The number of carbonyl (C=O) groups excluding carboxylic acids is 1. The van der Waals surface area contributed by atoms with Gasteiger partial charge >= 0.3 is 0 Å². The first kappa shape index (κ1) is 13.1. The Morgan fingerprint density at radius 1 is 1.39 bits per heavy atom. The first-order valence-electron chi connectivity index (χ1n) is 6.53. The lowest BCUT2D eigenvalue weighted by Crippen LogP contribution is -2.39. The van der Waals surface area contributed by atoms with Crippen LogP contribution in [-0.2, 0) is 11.2 Å². The van der Waals surface area contributed by atoms with Crippen LogP contribution in [0.5, 0.6) is 5.75 Å². The predicted octanol–water partition coefficient (Wildman–Crippen LogP) is 2.33. The van der Waals surface area contributed by atoms with Gasteiger partial charge in [0.05, 0.1) is 7.11 Å². The van der Waals surface area contributed by atoms with Crippen molar-refractivity contribution in [2.75, 3.05) is 13.7 Å². The van der Waals surface area contributed by atoms with E-state index in [1.807, 2.05) is 24.3 Å². The molecule has 2 rings (SSSR count). The van der Waals surface area contributed by atoms with Gasteiger partial charge in [0, 0.05) is 18.4 Å². The van der Waals surface area contributed by atoms with Crippen molar-refractivity contribution in [3.05, 3.63) is 29.8 Å². The van der Waals surface area contributed by atoms with Crippen molar-refractivity contribution in [1.82, 2.24) is 0 Å². The lowest BCUT2D eigenvalue weighted by Gasteiger charge is -2.40. The van der Waals surface area contributed by atoms with Crippen LogP contribution < -0.4 is 10.5 Å². The Kier molecular flexibility index (Phi) is 4.02. The highest BCUT2D eigenvalue weighted by molar-refractivity contribution is 5.82. The zero-order valence-corrected chi connectivity index (χ0v) is 10.9. The molecule has 0 saturated heterocycles. The summed E-state index contributed by atoms with van der Waals surface area (Å²) < 4.78 is 5.27. The largest absolute Gasteiger partial charge is 0.496 e. The van der Waals surface area contributed by atoms with Crippen molar-refractivity contribution < 1.29 is 9.53 Å². The highest BCUT2D eigenvalue weighted by atomic mass is 16.5. The van der Waals surface area contributed by atoms with E-state index in [0.717, 1.165) is 24.2 Å². The van der Waals surface area contributed by atoms with Gasteiger partial charge in [-0.1, -0.05) is 24.6 Å². The topological polar surface area (TPSA) is 52.3 Å². The van der Waals surface area contributed by atoms with Crippen LogP contribution >= 0.6 is 0 Å². The fourth-order valence-electron chi connectivity index (χ4n) is 2.67. The number of methoxy groups -OCH3 is 1. The summed E-state index contributed by atoms with van der Waals surface area (Å²) >= 11 is 0. The van der Waals surface area contributed by atoms with E-state index in [0.29, 0.717) is 19.4 Å². The molecule has 0 amide bonds. The zero-order valence-electron chi connectivity index (χ0n) is 10.9. The van der Waals surface area contributed by atoms with Crippen LogP contribution in [0, 0.1) is 5.41 Å². The summed E-state index contributed by atoms with van der Waals surface area (Å²) in [6, 6.07) is 7.70. The predicted molar refractivity (Wildman–Crippen MR) is 71.7 cm³/mol. The highest BCUT2D eigenvalue weighted by Gasteiger charge is 2.37. The monoisotopic (exact) mass is 247 g/mol. The molecule has 3 nitrogen and oxygen atoms in total. The van der Waals surface area contributed by atoms with E-state index in [4.69, 9.17) is 10.5 Å². The smallest absolute Gasteiger partial charge is 0.138 e. The number of ketones is 1. The van der Waals surface area contributed by atoms with Gasteiger partial charge in [0.2, 0.25) is 0 Å². The molecule has 1 aliphatic carbocycles. The molecule has 98 valence electrons. The molecule has 0 radical (unpaired) electrons. The van der Waals surface area contributed by atoms with E-state index in [1.165, 1.54) is 6.42 Å². The fourth-order valence-corrected chi connectivity index (χ4v) is 2.67. The van der Waals surface area contributed by atoms with Crippen LogP contribution in [0.15, 0.2) is 24.3 Å². The second kappa shape index (κ2) is 5.53. The zero-order chi connectivity index (χ0) is 13.0. The van der Waals surface area contributed by atoms with Crippen LogP contribution in [0.1, 0.15) is 31.2 Å². The third-order valence-electron chi connectivity index (χ3n) is 4.00. The van der Waals surface area contributed by atoms with Gasteiger partial charge in [0.15, 0.2) is 0 Å². The summed E-state index contributed by atoms with van der Waals surface area (Å²) in [5, 5.41) is 0. The molecule has 0 spiro atoms. The van der Waals surface area contributed by atoms with E-state index in [1.54, 1.807) is 7.11 Å². The molecule has 0 unspecified atom stereocenters. The van der Waals surface area contributed by atoms with Gasteiger partial charge in [-0.25, -0.2) is 0 Å². The van der Waals surface area contributed by atoms with E-state index >= 15 is 0 Å². The number of para-hydroxylation sites is 1. The minimum absolute atomic E-state index is 0.0963. The first-order valence-corrected chi connectivity index (χ1v) is 6.53. The molecule has 1 aliphatic rings. The van der Waals surface area contributed by atoms with E-state index in [2.05, 4.69) is 0 Å². The molecule has 0 aromatic heterocycles. The van der Waals surface area contributed by atoms with E-state index in [9.17, 15) is 4.79 Å². The van der Waals surface area contributed by atoms with Crippen LogP contribution in [0.2, 0.25) is 0 Å². The maximum atomic E-state index is 12.1. The number of rotatable bonds is 6. The van der Waals surface area contributed by atoms with Crippen molar-refractivity contribution in [2.24, 2.45) is 11.1 Å². The summed E-state index contributed by atoms with van der Waals surface area (Å²) in [5.41, 5.74) is 6.85. The molecule has 1 fully saturated rings. The van der Waals surface area contributed by atoms with Crippen molar-refractivity contribution in [1.29, 1.82) is 0 Å². The molecule has 3 heteroatoms. The standard InChI is InChI=1S/C15H21NO2/c1-18-14-6-3-2-5-12(14)9-13(17)10-15(11-16)7-4-8-15/h2-3,5-6H,4,7-11,16H2,1H3. The molecule has 0 bridgehead atoms. The summed E-state index contributed by atoms with van der Waals surface area (Å²) in [6.07, 6.45) is 4.47. The third-order valence-corrected chi connectivity index (χ3v) is 4.00. The average Bonchev–Trinajstić information content (AvgIpc) is 2.34. The van der Waals surface area contributed by atoms with Gasteiger partial charge in [-0.3, -0.25) is 4.79 Å². The van der Waals surface area contributed by atoms with Crippen molar-refractivity contribution in [3.8, 4) is 5.75 Å². The molecule has 1 saturated carbocycles. The molecule has 1 aromatic rings. The molecule has 2 N–H and O–H groups in total. The Hall–Kier alpha value is -1.35. The minimum atomic E-state index is 0.0963. The molecule has 1 aromatic carbocycles. The number of hydrogen-bond donors (Lipinski definition) is 1. The molecule has 0 aliphatic heterocycles. The number of carbonyl (C=O) groups is 1. The number of benzene rings is 1. The van der Waals surface area contributed by atoms with Crippen molar-refractivity contribution in [3.63, 3.8) is 0 Å². The van der Waals surface area contributed by atoms with Crippen molar-refractivity contribution in [2.45, 2.75) is 32.1 Å². The Morgan fingerprint density at radius 2 is 2.11 bits per heavy atom. The Balaban J connectivity index is 1.98. The SMILES string of the molecule is COc1ccccc1CC(=O)CC1(CN)CCC1. The Bertz CT molecular complexity index is 419. The van der Waals surface area contributed by atoms with Gasteiger partial charge in [-0.15, -0.1) is 0 Å². The highest BCUT2D eigenvalue weighted by Crippen LogP contribution is 2.43. The third kappa shape index (κ3) is 2.72. The van der Waals surface area contributed by atoms with E-state index in [-0.39, 0.29) is 11.2 Å². The van der Waals surface area contributed by atoms with Crippen LogP contribution in [0.3, 0.4) is 0 Å². The lowest BCUT2D eigenvalue weighted by molar-refractivity contribution is -0.122. The molecule has 18 heavy (non-hydrogen) atoms. The Morgan fingerprint density at radius 3 is 2.67 bits per heavy atom. The number of ether oxygens (including phenoxy) is 1.